The third-order valence-corrected chi connectivity index (χ3v) is 14.2. The highest BCUT2D eigenvalue weighted by molar-refractivity contribution is 6.02. The number of fused-ring (bicyclic) bond motifs is 4. The van der Waals surface area contributed by atoms with Crippen LogP contribution < -0.4 is 33.3 Å². The number of aliphatic hydroxyl groups is 3. The predicted octanol–water partition coefficient (Wildman–Crippen LogP) is 8.49. The molecule has 22 nitrogen and oxygen atoms in total. The molecule has 4 heterocycles. The first-order chi connectivity index (χ1) is 38.7. The lowest BCUT2D eigenvalue weighted by Gasteiger charge is -2.16. The van der Waals surface area contributed by atoms with Gasteiger partial charge in [0, 0.05) is 83.2 Å². The molecule has 0 radical (unpaired) electrons. The Kier molecular flexibility index (Phi) is 21.5. The number of pyridine rings is 4. The molecule has 4 atom stereocenters. The SMILES string of the molecule is CC(=O)OC[C@H](C)n1ccc2c([N+](=O)[O-])cccc2c1=O.C[C@@H](CO)n1ccc2c(N)cccc2c1=O.C[C@@H](CO)n1ccc2c(NC(=O)CC3CCCCCC3)cccc2c1=O.C[C@@H](CO)n1ccc2c([N+](=O)[O-])cccc2c1=O. The quantitative estimate of drug-likeness (QED) is 0.0224. The second kappa shape index (κ2) is 28.3. The summed E-state index contributed by atoms with van der Waals surface area (Å²) in [6.45, 7) is 8.05. The van der Waals surface area contributed by atoms with Crippen LogP contribution >= 0.6 is 0 Å². The van der Waals surface area contributed by atoms with Gasteiger partial charge in [0.05, 0.1) is 75.4 Å². The van der Waals surface area contributed by atoms with E-state index in [9.17, 15) is 54.1 Å². The van der Waals surface area contributed by atoms with E-state index in [0.717, 1.165) is 23.6 Å². The zero-order valence-electron chi connectivity index (χ0n) is 45.8. The van der Waals surface area contributed by atoms with Crippen molar-refractivity contribution in [2.45, 2.75) is 104 Å². The van der Waals surface area contributed by atoms with Gasteiger partial charge in [-0.3, -0.25) is 49.0 Å². The highest BCUT2D eigenvalue weighted by Gasteiger charge is 2.20. The van der Waals surface area contributed by atoms with E-state index in [1.165, 1.54) is 99.7 Å². The Morgan fingerprint density at radius 2 is 0.926 bits per heavy atom. The number of non-ortho nitro benzene ring substituents is 2. The summed E-state index contributed by atoms with van der Waals surface area (Å²) in [5.41, 5.74) is 5.91. The molecule has 0 unspecified atom stereocenters. The number of hydrogen-bond donors (Lipinski definition) is 5. The number of hydrogen-bond acceptors (Lipinski definition) is 15. The van der Waals surface area contributed by atoms with E-state index in [1.54, 1.807) is 88.6 Å². The van der Waals surface area contributed by atoms with Crippen LogP contribution in [0.2, 0.25) is 0 Å². The first-order valence-electron chi connectivity index (χ1n) is 26.6. The number of carbonyl (C=O) groups is 2. The Morgan fingerprint density at radius 1 is 0.556 bits per heavy atom. The van der Waals surface area contributed by atoms with E-state index in [-0.39, 0.29) is 101 Å². The highest BCUT2D eigenvalue weighted by atomic mass is 16.6. The molecule has 0 saturated heterocycles. The second-order valence-electron chi connectivity index (χ2n) is 20.0. The van der Waals surface area contributed by atoms with Gasteiger partial charge in [-0.25, -0.2) is 0 Å². The van der Waals surface area contributed by atoms with Crippen LogP contribution in [0, 0.1) is 26.1 Å². The molecule has 0 spiro atoms. The van der Waals surface area contributed by atoms with Crippen LogP contribution in [0.1, 0.15) is 104 Å². The minimum absolute atomic E-state index is 0.0253. The standard InChI is InChI=1S/C21H28N2O3.C14H14N2O5.C12H12N2O4.C12H14N2O2/c1-15(14-24)23-12-11-17-18(21(23)26)9-6-10-19(17)22-20(25)13-16-7-4-2-3-5-8-16;1-9(8-21-10(2)17)15-7-6-11-12(14(15)18)4-3-5-13(11)16(19)20;1-8(7-15)13-6-5-9-10(12(13)16)3-2-4-11(9)14(17)18;1-8(7-15)14-6-5-9-10(12(14)16)3-2-4-11(9)13/h6,9-12,15-16,24H,2-5,7-8,13-14H2,1H3,(H,22,25);3-7,9H,8H2,1-2H3;2-6,8,15H,7H2,1H3;2-6,8,15H,7,13H2,1H3/t15-;9-;2*8-/m0000/s1. The fraction of sp³-hybridized carbons (Fsp3) is 0.356. The number of nitrogens with two attached hydrogens (primary N) is 1. The van der Waals surface area contributed by atoms with Crippen molar-refractivity contribution in [3.8, 4) is 0 Å². The predicted molar refractivity (Wildman–Crippen MR) is 312 cm³/mol. The Bertz CT molecular complexity index is 3810. The van der Waals surface area contributed by atoms with Gasteiger partial charge in [-0.1, -0.05) is 49.9 Å². The molecule has 4 aromatic carbocycles. The summed E-state index contributed by atoms with van der Waals surface area (Å²) in [5.74, 6) is 0.0683. The van der Waals surface area contributed by atoms with Gasteiger partial charge in [0.2, 0.25) is 5.91 Å². The number of nitrogen functional groups attached to an aromatic ring is 1. The molecule has 428 valence electrons. The molecule has 81 heavy (non-hydrogen) atoms. The fourth-order valence-corrected chi connectivity index (χ4v) is 9.59. The lowest BCUT2D eigenvalue weighted by Crippen LogP contribution is -2.26. The normalized spacial score (nSPS) is 13.9. The van der Waals surface area contributed by atoms with Crippen molar-refractivity contribution in [1.82, 2.24) is 18.3 Å². The Morgan fingerprint density at radius 3 is 1.35 bits per heavy atom. The Labute approximate surface area is 464 Å². The number of amides is 1. The van der Waals surface area contributed by atoms with Gasteiger partial charge in [-0.05, 0) is 107 Å². The maximum Gasteiger partial charge on any atom is 0.302 e. The number of nitrogens with zero attached hydrogens (tertiary/aromatic N) is 6. The zero-order valence-corrected chi connectivity index (χ0v) is 45.8. The zero-order chi connectivity index (χ0) is 59.1. The maximum absolute atomic E-state index is 12.7. The molecule has 8 aromatic rings. The third kappa shape index (κ3) is 14.9. The monoisotopic (exact) mass is 1110 g/mol. The summed E-state index contributed by atoms with van der Waals surface area (Å²) in [4.78, 5) is 93.4. The van der Waals surface area contributed by atoms with Crippen molar-refractivity contribution in [2.24, 2.45) is 5.92 Å². The average molecular weight is 1110 g/mol. The van der Waals surface area contributed by atoms with Gasteiger partial charge in [0.15, 0.2) is 0 Å². The largest absolute Gasteiger partial charge is 0.464 e. The van der Waals surface area contributed by atoms with E-state index < -0.39 is 15.8 Å². The molecule has 1 saturated carbocycles. The van der Waals surface area contributed by atoms with Gasteiger partial charge >= 0.3 is 5.97 Å². The summed E-state index contributed by atoms with van der Waals surface area (Å²) in [7, 11) is 0. The summed E-state index contributed by atoms with van der Waals surface area (Å²) in [6.07, 6.45) is 14.1. The van der Waals surface area contributed by atoms with Crippen LogP contribution in [-0.2, 0) is 14.3 Å². The number of aromatic nitrogens is 4. The molecule has 9 rings (SSSR count). The molecule has 4 aromatic heterocycles. The van der Waals surface area contributed by atoms with E-state index in [1.807, 2.05) is 12.1 Å². The number of benzene rings is 4. The number of esters is 1. The number of nitro benzene ring substituents is 2. The van der Waals surface area contributed by atoms with Crippen molar-refractivity contribution >= 4 is 77.7 Å². The van der Waals surface area contributed by atoms with Gasteiger partial charge in [0.1, 0.15) is 6.61 Å². The van der Waals surface area contributed by atoms with Gasteiger partial charge in [-0.2, -0.15) is 0 Å². The number of nitro groups is 2. The second-order valence-corrected chi connectivity index (χ2v) is 20.0. The highest BCUT2D eigenvalue weighted by Crippen LogP contribution is 2.28. The van der Waals surface area contributed by atoms with E-state index in [4.69, 9.17) is 20.7 Å². The van der Waals surface area contributed by atoms with Gasteiger partial charge in [-0.15, -0.1) is 0 Å². The Hall–Kier alpha value is -8.86. The van der Waals surface area contributed by atoms with E-state index in [2.05, 4.69) is 5.32 Å². The van der Waals surface area contributed by atoms with Crippen molar-refractivity contribution < 1.29 is 39.5 Å². The summed E-state index contributed by atoms with van der Waals surface area (Å²) in [5, 5.41) is 56.1. The van der Waals surface area contributed by atoms with E-state index >= 15 is 0 Å². The fourth-order valence-electron chi connectivity index (χ4n) is 9.59. The molecular formula is C59H68N8O14. The van der Waals surface area contributed by atoms with E-state index in [0.29, 0.717) is 45.3 Å². The van der Waals surface area contributed by atoms with Crippen LogP contribution in [-0.4, -0.2) is 81.7 Å². The van der Waals surface area contributed by atoms with Crippen LogP contribution in [0.4, 0.5) is 22.7 Å². The van der Waals surface area contributed by atoms with Crippen molar-refractivity contribution in [1.29, 1.82) is 0 Å². The molecule has 0 bridgehead atoms. The number of rotatable bonds is 14. The van der Waals surface area contributed by atoms with Crippen molar-refractivity contribution in [2.75, 3.05) is 37.5 Å². The summed E-state index contributed by atoms with van der Waals surface area (Å²) < 4.78 is 10.7. The van der Waals surface area contributed by atoms with Crippen LogP contribution in [0.3, 0.4) is 0 Å². The van der Waals surface area contributed by atoms with Crippen LogP contribution in [0.5, 0.6) is 0 Å². The van der Waals surface area contributed by atoms with Crippen molar-refractivity contribution in [3.63, 3.8) is 0 Å². The maximum atomic E-state index is 12.7. The van der Waals surface area contributed by atoms with Crippen LogP contribution in [0.15, 0.2) is 141 Å². The molecule has 1 fully saturated rings. The molecular weight excluding hydrogens is 1040 g/mol. The first-order valence-corrected chi connectivity index (χ1v) is 26.6. The molecule has 1 aliphatic carbocycles. The number of anilines is 2. The van der Waals surface area contributed by atoms with Gasteiger partial charge in [0.25, 0.3) is 33.6 Å². The smallest absolute Gasteiger partial charge is 0.302 e. The molecule has 6 N–H and O–H groups in total. The first kappa shape index (κ1) is 61.4. The number of carbonyl (C=O) groups excluding carboxylic acids is 2. The average Bonchev–Trinajstić information content (AvgIpc) is 3.92. The molecule has 22 heteroatoms. The minimum atomic E-state index is -0.519. The van der Waals surface area contributed by atoms with Crippen molar-refractivity contribution in [3.05, 3.63) is 183 Å². The molecule has 0 aliphatic heterocycles. The van der Waals surface area contributed by atoms with Crippen LogP contribution in [0.25, 0.3) is 43.1 Å². The summed E-state index contributed by atoms with van der Waals surface area (Å²) in [6, 6.07) is 24.9. The number of aliphatic hydroxyl groups excluding tert-OH is 3. The lowest BCUT2D eigenvalue weighted by molar-refractivity contribution is -0.383. The summed E-state index contributed by atoms with van der Waals surface area (Å²) >= 11 is 0. The topological polar surface area (TPSA) is 316 Å². The number of ether oxygens (including phenoxy) is 1. The lowest BCUT2D eigenvalue weighted by atomic mass is 9.96. The molecule has 1 amide bonds. The Balaban J connectivity index is 0.000000177. The molecule has 1 aliphatic rings. The third-order valence-electron chi connectivity index (χ3n) is 14.2. The minimum Gasteiger partial charge on any atom is -0.464 e. The van der Waals surface area contributed by atoms with Gasteiger partial charge < -0.3 is 49.4 Å². The number of nitrogens with one attached hydrogen (secondary N) is 1.